The molecule has 11 heteroatoms. The van der Waals surface area contributed by atoms with Crippen LogP contribution in [0.5, 0.6) is 0 Å². The van der Waals surface area contributed by atoms with Crippen molar-refractivity contribution in [2.24, 2.45) is 5.92 Å². The number of thioether (sulfide) groups is 1. The fourth-order valence-corrected chi connectivity index (χ4v) is 5.24. The van der Waals surface area contributed by atoms with E-state index < -0.39 is 0 Å². The molecular formula is C27H30N8O2S. The van der Waals surface area contributed by atoms with Crippen LogP contribution in [0, 0.1) is 5.92 Å². The van der Waals surface area contributed by atoms with E-state index in [1.165, 1.54) is 0 Å². The second-order valence-electron chi connectivity index (χ2n) is 9.51. The summed E-state index contributed by atoms with van der Waals surface area (Å²) in [7, 11) is 4.03. The fourth-order valence-electron chi connectivity index (χ4n) is 4.58. The van der Waals surface area contributed by atoms with E-state index >= 15 is 0 Å². The molecule has 0 aliphatic carbocycles. The molecule has 2 aliphatic heterocycles. The predicted octanol–water partition coefficient (Wildman–Crippen LogP) is 3.33. The Labute approximate surface area is 226 Å². The summed E-state index contributed by atoms with van der Waals surface area (Å²) < 4.78 is 0. The highest BCUT2D eigenvalue weighted by Gasteiger charge is 2.26. The zero-order valence-electron chi connectivity index (χ0n) is 21.4. The molecule has 5 rings (SSSR count). The number of carbonyl (C=O) groups excluding carboxylic acids is 2. The molecule has 38 heavy (non-hydrogen) atoms. The van der Waals surface area contributed by atoms with Gasteiger partial charge in [-0.25, -0.2) is 15.0 Å². The molecule has 0 atom stereocenters. The molecule has 0 spiro atoms. The number of nitrogens with one attached hydrogen (secondary N) is 2. The monoisotopic (exact) mass is 530 g/mol. The number of anilines is 2. The first-order valence-electron chi connectivity index (χ1n) is 12.6. The van der Waals surface area contributed by atoms with Gasteiger partial charge in [0, 0.05) is 63.4 Å². The minimum Gasteiger partial charge on any atom is -0.362 e. The molecule has 3 aromatic rings. The summed E-state index contributed by atoms with van der Waals surface area (Å²) in [5.74, 6) is 1.78. The molecule has 0 unspecified atom stereocenters. The lowest BCUT2D eigenvalue weighted by Gasteiger charge is -2.32. The first kappa shape index (κ1) is 25.8. The van der Waals surface area contributed by atoms with Crippen LogP contribution in [0.25, 0.3) is 17.3 Å². The quantitative estimate of drug-likeness (QED) is 0.420. The number of rotatable bonds is 8. The van der Waals surface area contributed by atoms with Gasteiger partial charge in [-0.3, -0.25) is 19.9 Å². The van der Waals surface area contributed by atoms with Crippen LogP contribution < -0.4 is 20.4 Å². The third kappa shape index (κ3) is 6.17. The molecule has 2 N–H and O–H groups in total. The molecule has 0 saturated carbocycles. The van der Waals surface area contributed by atoms with Gasteiger partial charge in [0.15, 0.2) is 0 Å². The van der Waals surface area contributed by atoms with E-state index in [9.17, 15) is 9.59 Å². The van der Waals surface area contributed by atoms with E-state index in [-0.39, 0.29) is 11.1 Å². The minimum atomic E-state index is -0.383. The smallest absolute Gasteiger partial charge is 0.290 e. The van der Waals surface area contributed by atoms with Gasteiger partial charge in [0.05, 0.1) is 16.3 Å². The van der Waals surface area contributed by atoms with E-state index in [2.05, 4.69) is 47.5 Å². The number of hydrogen-bond acceptors (Lipinski definition) is 10. The Bertz CT molecular complexity index is 1340. The predicted molar refractivity (Wildman–Crippen MR) is 150 cm³/mol. The highest BCUT2D eigenvalue weighted by atomic mass is 32.2. The molecule has 2 amide bonds. The summed E-state index contributed by atoms with van der Waals surface area (Å²) in [6.07, 6.45) is 8.99. The Balaban J connectivity index is 1.14. The maximum absolute atomic E-state index is 11.8. The van der Waals surface area contributed by atoms with Crippen LogP contribution in [0.3, 0.4) is 0 Å². The van der Waals surface area contributed by atoms with Crippen molar-refractivity contribution in [1.82, 2.24) is 30.6 Å². The van der Waals surface area contributed by atoms with E-state index in [4.69, 9.17) is 4.98 Å². The molecule has 2 aliphatic rings. The molecule has 3 aromatic heterocycles. The Morgan fingerprint density at radius 1 is 1.13 bits per heavy atom. The normalized spacial score (nSPS) is 17.2. The summed E-state index contributed by atoms with van der Waals surface area (Å²) in [6, 6.07) is 9.88. The Morgan fingerprint density at radius 3 is 2.68 bits per heavy atom. The van der Waals surface area contributed by atoms with Crippen LogP contribution in [0.1, 0.15) is 24.1 Å². The first-order valence-corrected chi connectivity index (χ1v) is 13.4. The van der Waals surface area contributed by atoms with Gasteiger partial charge >= 0.3 is 0 Å². The molecule has 196 valence electrons. The number of imide groups is 1. The van der Waals surface area contributed by atoms with E-state index in [0.717, 1.165) is 73.4 Å². The van der Waals surface area contributed by atoms with E-state index in [1.54, 1.807) is 24.5 Å². The minimum absolute atomic E-state index is 0.351. The van der Waals surface area contributed by atoms with Crippen molar-refractivity contribution < 1.29 is 9.59 Å². The third-order valence-corrected chi connectivity index (χ3v) is 7.38. The lowest BCUT2D eigenvalue weighted by Crippen LogP contribution is -2.38. The van der Waals surface area contributed by atoms with Crippen molar-refractivity contribution in [3.63, 3.8) is 0 Å². The Morgan fingerprint density at radius 2 is 1.97 bits per heavy atom. The van der Waals surface area contributed by atoms with Crippen LogP contribution >= 0.6 is 11.8 Å². The molecule has 0 bridgehead atoms. The number of aromatic nitrogens is 4. The molecule has 10 nitrogen and oxygen atoms in total. The first-order chi connectivity index (χ1) is 18.5. The number of carbonyl (C=O) groups is 2. The van der Waals surface area contributed by atoms with Gasteiger partial charge in [-0.15, -0.1) is 0 Å². The Kier molecular flexibility index (Phi) is 7.94. The zero-order valence-corrected chi connectivity index (χ0v) is 22.2. The van der Waals surface area contributed by atoms with Crippen LogP contribution in [0.15, 0.2) is 53.8 Å². The van der Waals surface area contributed by atoms with Crippen molar-refractivity contribution >= 4 is 40.8 Å². The maximum Gasteiger partial charge on any atom is 0.290 e. The SMILES string of the molecule is CN(C)c1nc(-c2cccnc2)ccc1CNCC1CCN(c2nccc(C=C3SC(=O)NC3=O)n2)CC1. The molecular weight excluding hydrogens is 500 g/mol. The molecule has 0 aromatic carbocycles. The van der Waals surface area contributed by atoms with Crippen molar-refractivity contribution in [3.05, 3.63) is 65.1 Å². The van der Waals surface area contributed by atoms with Gasteiger partial charge in [0.2, 0.25) is 5.95 Å². The molecule has 0 radical (unpaired) electrons. The van der Waals surface area contributed by atoms with Gasteiger partial charge in [0.25, 0.3) is 11.1 Å². The molecule has 2 fully saturated rings. The van der Waals surface area contributed by atoms with Crippen LogP contribution in [-0.4, -0.2) is 64.8 Å². The highest BCUT2D eigenvalue weighted by Crippen LogP contribution is 2.26. The second kappa shape index (κ2) is 11.7. The highest BCUT2D eigenvalue weighted by molar-refractivity contribution is 8.18. The summed E-state index contributed by atoms with van der Waals surface area (Å²) >= 11 is 0.890. The number of amides is 2. The number of nitrogens with zero attached hydrogens (tertiary/aromatic N) is 6. The van der Waals surface area contributed by atoms with Crippen LogP contribution in [0.2, 0.25) is 0 Å². The van der Waals surface area contributed by atoms with Crippen molar-refractivity contribution in [2.45, 2.75) is 19.4 Å². The van der Waals surface area contributed by atoms with Crippen molar-refractivity contribution in [2.75, 3.05) is 43.5 Å². The molecule has 2 saturated heterocycles. The largest absolute Gasteiger partial charge is 0.362 e. The van der Waals surface area contributed by atoms with Gasteiger partial charge < -0.3 is 15.1 Å². The van der Waals surface area contributed by atoms with Crippen molar-refractivity contribution in [3.8, 4) is 11.3 Å². The average Bonchev–Trinajstić information content (AvgIpc) is 3.25. The fraction of sp³-hybridized carbons (Fsp3) is 0.333. The number of hydrogen-bond donors (Lipinski definition) is 2. The van der Waals surface area contributed by atoms with Gasteiger partial charge in [-0.1, -0.05) is 6.07 Å². The van der Waals surface area contributed by atoms with Crippen molar-refractivity contribution in [1.29, 1.82) is 0 Å². The standard InChI is InChI=1S/C27H30N8O2S/c1-34(2)24-20(5-6-22(32-24)19-4-3-10-28-16-19)17-29-15-18-8-12-35(13-9-18)26-30-11-7-21(31-26)14-23-25(36)33-27(37)38-23/h3-7,10-11,14,16,18,29H,8-9,12-13,15,17H2,1-2H3,(H,33,36,37). The van der Waals surface area contributed by atoms with Crippen LogP contribution in [0.4, 0.5) is 16.6 Å². The summed E-state index contributed by atoms with van der Waals surface area (Å²) in [6.45, 7) is 3.41. The Hall–Kier alpha value is -3.83. The molecule has 5 heterocycles. The van der Waals surface area contributed by atoms with Gasteiger partial charge in [-0.05, 0) is 67.4 Å². The summed E-state index contributed by atoms with van der Waals surface area (Å²) in [5, 5.41) is 5.54. The maximum atomic E-state index is 11.8. The lowest BCUT2D eigenvalue weighted by molar-refractivity contribution is -0.115. The van der Waals surface area contributed by atoms with Crippen LogP contribution in [-0.2, 0) is 11.3 Å². The lowest BCUT2D eigenvalue weighted by atomic mass is 9.97. The number of pyridine rings is 2. The number of piperidine rings is 1. The van der Waals surface area contributed by atoms with Gasteiger partial charge in [-0.2, -0.15) is 0 Å². The van der Waals surface area contributed by atoms with E-state index in [1.807, 2.05) is 32.4 Å². The van der Waals surface area contributed by atoms with E-state index in [0.29, 0.717) is 22.5 Å². The second-order valence-corrected chi connectivity index (χ2v) is 10.5. The van der Waals surface area contributed by atoms with Gasteiger partial charge in [0.1, 0.15) is 5.82 Å². The summed E-state index contributed by atoms with van der Waals surface area (Å²) in [4.78, 5) is 45.9. The summed E-state index contributed by atoms with van der Waals surface area (Å²) in [5.41, 5.74) is 3.70. The zero-order chi connectivity index (χ0) is 26.5. The average molecular weight is 531 g/mol. The topological polar surface area (TPSA) is 116 Å². The third-order valence-electron chi connectivity index (χ3n) is 6.57.